The van der Waals surface area contributed by atoms with E-state index in [-0.39, 0.29) is 0 Å². The van der Waals surface area contributed by atoms with Gasteiger partial charge in [-0.05, 0) is 54.8 Å². The summed E-state index contributed by atoms with van der Waals surface area (Å²) in [6.45, 7) is 4.56. The zero-order valence-corrected chi connectivity index (χ0v) is 14.0. The van der Waals surface area contributed by atoms with Gasteiger partial charge in [-0.3, -0.25) is 0 Å². The summed E-state index contributed by atoms with van der Waals surface area (Å²) in [6.07, 6.45) is 0. The molecule has 0 bridgehead atoms. The standard InChI is InChI=1S/C18H23N3O2/c1-12-7-13(2)9-15(8-12)21-18(19)20-11-14-5-6-16(22-3)17(10-14)23-4/h5-10H,11H2,1-4H3,(H3,19,20,21). The summed E-state index contributed by atoms with van der Waals surface area (Å²) in [5.74, 6) is 1.76. The number of ether oxygens (including phenoxy) is 2. The van der Waals surface area contributed by atoms with Crippen molar-refractivity contribution in [3.63, 3.8) is 0 Å². The van der Waals surface area contributed by atoms with Crippen molar-refractivity contribution in [2.75, 3.05) is 19.5 Å². The van der Waals surface area contributed by atoms with Crippen molar-refractivity contribution in [3.05, 3.63) is 53.1 Å². The molecule has 0 amide bonds. The van der Waals surface area contributed by atoms with Gasteiger partial charge in [0.05, 0.1) is 20.8 Å². The number of hydrogen-bond donors (Lipinski definition) is 2. The van der Waals surface area contributed by atoms with E-state index in [1.54, 1.807) is 14.2 Å². The van der Waals surface area contributed by atoms with Crippen LogP contribution in [0.4, 0.5) is 5.69 Å². The number of rotatable bonds is 5. The number of nitrogens with two attached hydrogens (primary N) is 1. The minimum atomic E-state index is 0.379. The van der Waals surface area contributed by atoms with Crippen LogP contribution in [0, 0.1) is 13.8 Å². The van der Waals surface area contributed by atoms with E-state index in [0.29, 0.717) is 24.0 Å². The Kier molecular flexibility index (Phi) is 5.46. The second-order valence-electron chi connectivity index (χ2n) is 5.39. The Bertz CT molecular complexity index is 691. The molecule has 122 valence electrons. The van der Waals surface area contributed by atoms with Gasteiger partial charge in [0.1, 0.15) is 0 Å². The Balaban J connectivity index is 2.07. The normalized spacial score (nSPS) is 11.2. The minimum absolute atomic E-state index is 0.379. The lowest BCUT2D eigenvalue weighted by molar-refractivity contribution is 0.354. The molecule has 5 nitrogen and oxygen atoms in total. The summed E-state index contributed by atoms with van der Waals surface area (Å²) in [5, 5.41) is 3.12. The van der Waals surface area contributed by atoms with Gasteiger partial charge >= 0.3 is 0 Å². The van der Waals surface area contributed by atoms with Crippen molar-refractivity contribution in [2.24, 2.45) is 10.7 Å². The number of guanidine groups is 1. The molecule has 0 saturated carbocycles. The van der Waals surface area contributed by atoms with Crippen LogP contribution in [0.25, 0.3) is 0 Å². The van der Waals surface area contributed by atoms with Gasteiger partial charge in [0.25, 0.3) is 0 Å². The number of nitrogens with zero attached hydrogens (tertiary/aromatic N) is 1. The van der Waals surface area contributed by atoms with E-state index in [4.69, 9.17) is 15.2 Å². The predicted molar refractivity (Wildman–Crippen MR) is 94.4 cm³/mol. The maximum Gasteiger partial charge on any atom is 0.193 e. The first-order valence-corrected chi connectivity index (χ1v) is 7.38. The molecule has 23 heavy (non-hydrogen) atoms. The molecule has 5 heteroatoms. The van der Waals surface area contributed by atoms with Crippen LogP contribution >= 0.6 is 0 Å². The maximum absolute atomic E-state index is 5.96. The fourth-order valence-electron chi connectivity index (χ4n) is 2.39. The summed E-state index contributed by atoms with van der Waals surface area (Å²) < 4.78 is 10.5. The summed E-state index contributed by atoms with van der Waals surface area (Å²) in [7, 11) is 3.22. The Hall–Kier alpha value is -2.69. The lowest BCUT2D eigenvalue weighted by Crippen LogP contribution is -2.22. The second-order valence-corrected chi connectivity index (χ2v) is 5.39. The van der Waals surface area contributed by atoms with Crippen LogP contribution in [-0.2, 0) is 6.54 Å². The molecule has 2 aromatic carbocycles. The Morgan fingerprint density at radius 3 is 2.26 bits per heavy atom. The highest BCUT2D eigenvalue weighted by molar-refractivity contribution is 5.92. The molecule has 0 atom stereocenters. The van der Waals surface area contributed by atoms with Crippen molar-refractivity contribution in [3.8, 4) is 11.5 Å². The van der Waals surface area contributed by atoms with Crippen LogP contribution in [0.5, 0.6) is 11.5 Å². The number of aryl methyl sites for hydroxylation is 2. The average Bonchev–Trinajstić information content (AvgIpc) is 2.51. The van der Waals surface area contributed by atoms with Gasteiger partial charge in [0.2, 0.25) is 0 Å². The lowest BCUT2D eigenvalue weighted by atomic mass is 10.1. The van der Waals surface area contributed by atoms with Crippen LogP contribution in [-0.4, -0.2) is 20.2 Å². The monoisotopic (exact) mass is 313 g/mol. The largest absolute Gasteiger partial charge is 0.493 e. The molecule has 0 heterocycles. The molecule has 0 radical (unpaired) electrons. The fourth-order valence-corrected chi connectivity index (χ4v) is 2.39. The highest BCUT2D eigenvalue weighted by atomic mass is 16.5. The third-order valence-corrected chi connectivity index (χ3v) is 3.37. The molecule has 0 aliphatic heterocycles. The van der Waals surface area contributed by atoms with Gasteiger partial charge in [-0.2, -0.15) is 0 Å². The molecule has 0 aromatic heterocycles. The quantitative estimate of drug-likeness (QED) is 0.657. The molecule has 0 fully saturated rings. The molecule has 3 N–H and O–H groups in total. The average molecular weight is 313 g/mol. The van der Waals surface area contributed by atoms with Gasteiger partial charge in [0, 0.05) is 5.69 Å². The summed E-state index contributed by atoms with van der Waals surface area (Å²) in [4.78, 5) is 4.37. The number of nitrogens with one attached hydrogen (secondary N) is 1. The maximum atomic E-state index is 5.96. The Morgan fingerprint density at radius 2 is 1.65 bits per heavy atom. The number of anilines is 1. The van der Waals surface area contributed by atoms with Crippen molar-refractivity contribution in [1.82, 2.24) is 0 Å². The third-order valence-electron chi connectivity index (χ3n) is 3.37. The minimum Gasteiger partial charge on any atom is -0.493 e. The van der Waals surface area contributed by atoms with Crippen LogP contribution in [0.2, 0.25) is 0 Å². The summed E-state index contributed by atoms with van der Waals surface area (Å²) in [6, 6.07) is 11.9. The first-order valence-electron chi connectivity index (χ1n) is 7.38. The molecule has 0 saturated heterocycles. The van der Waals surface area contributed by atoms with Gasteiger partial charge in [-0.15, -0.1) is 0 Å². The Morgan fingerprint density at radius 1 is 1.00 bits per heavy atom. The number of methoxy groups -OCH3 is 2. The molecular formula is C18H23N3O2. The molecule has 0 spiro atoms. The van der Waals surface area contributed by atoms with Crippen molar-refractivity contribution in [2.45, 2.75) is 20.4 Å². The molecule has 2 aromatic rings. The zero-order valence-electron chi connectivity index (χ0n) is 14.0. The SMILES string of the molecule is COc1ccc(CN=C(N)Nc2cc(C)cc(C)c2)cc1OC. The van der Waals surface area contributed by atoms with Crippen molar-refractivity contribution >= 4 is 11.6 Å². The predicted octanol–water partition coefficient (Wildman–Crippen LogP) is 3.25. The molecule has 0 aliphatic carbocycles. The second kappa shape index (κ2) is 7.54. The van der Waals surface area contributed by atoms with Crippen LogP contribution in [0.15, 0.2) is 41.4 Å². The van der Waals surface area contributed by atoms with Crippen LogP contribution in [0.1, 0.15) is 16.7 Å². The molecule has 0 unspecified atom stereocenters. The fraction of sp³-hybridized carbons (Fsp3) is 0.278. The van der Waals surface area contributed by atoms with Gasteiger partial charge in [0.15, 0.2) is 17.5 Å². The van der Waals surface area contributed by atoms with E-state index in [1.807, 2.05) is 30.3 Å². The van der Waals surface area contributed by atoms with E-state index in [1.165, 1.54) is 11.1 Å². The van der Waals surface area contributed by atoms with E-state index in [2.05, 4.69) is 30.2 Å². The first-order chi connectivity index (χ1) is 11.0. The number of hydrogen-bond acceptors (Lipinski definition) is 3. The summed E-state index contributed by atoms with van der Waals surface area (Å²) in [5.41, 5.74) is 10.3. The van der Waals surface area contributed by atoms with Gasteiger partial charge < -0.3 is 20.5 Å². The highest BCUT2D eigenvalue weighted by Gasteiger charge is 2.04. The molecule has 0 aliphatic rings. The third kappa shape index (κ3) is 4.64. The van der Waals surface area contributed by atoms with E-state index >= 15 is 0 Å². The number of aliphatic imine (C=N–C) groups is 1. The van der Waals surface area contributed by atoms with E-state index < -0.39 is 0 Å². The van der Waals surface area contributed by atoms with Crippen LogP contribution in [0.3, 0.4) is 0 Å². The zero-order chi connectivity index (χ0) is 16.8. The van der Waals surface area contributed by atoms with E-state index in [9.17, 15) is 0 Å². The van der Waals surface area contributed by atoms with Crippen LogP contribution < -0.4 is 20.5 Å². The smallest absolute Gasteiger partial charge is 0.193 e. The highest BCUT2D eigenvalue weighted by Crippen LogP contribution is 2.27. The summed E-state index contributed by atoms with van der Waals surface area (Å²) >= 11 is 0. The van der Waals surface area contributed by atoms with E-state index in [0.717, 1.165) is 11.3 Å². The van der Waals surface area contributed by atoms with Crippen molar-refractivity contribution < 1.29 is 9.47 Å². The molecule has 2 rings (SSSR count). The lowest BCUT2D eigenvalue weighted by Gasteiger charge is -2.10. The molecular weight excluding hydrogens is 290 g/mol. The van der Waals surface area contributed by atoms with Gasteiger partial charge in [-0.25, -0.2) is 4.99 Å². The number of benzene rings is 2. The topological polar surface area (TPSA) is 68.9 Å². The first kappa shape index (κ1) is 16.7. The van der Waals surface area contributed by atoms with Crippen molar-refractivity contribution in [1.29, 1.82) is 0 Å². The van der Waals surface area contributed by atoms with Gasteiger partial charge in [-0.1, -0.05) is 12.1 Å². The Labute approximate surface area is 137 Å².